The van der Waals surface area contributed by atoms with Gasteiger partial charge in [-0.3, -0.25) is 4.79 Å². The number of benzene rings is 1. The molecule has 2 aromatic rings. The standard InChI is InChI=1S/C15H16ClN3O3/c1-9(2)13(15(21)22)17-14(20)12-6-7-19(18-12)11-5-3-4-10(16)8-11/h3-9,13H,1-2H3,(H,17,20)(H,21,22)/t13-/m0/s1. The molecule has 7 heteroatoms. The fourth-order valence-corrected chi connectivity index (χ4v) is 2.12. The first kappa shape index (κ1) is 16.0. The number of carbonyl (C=O) groups excluding carboxylic acids is 1. The lowest BCUT2D eigenvalue weighted by Crippen LogP contribution is -2.44. The number of aliphatic carboxylic acids is 1. The summed E-state index contributed by atoms with van der Waals surface area (Å²) in [5, 5.41) is 16.3. The molecule has 2 rings (SSSR count). The van der Waals surface area contributed by atoms with Gasteiger partial charge in [0.1, 0.15) is 6.04 Å². The fourth-order valence-electron chi connectivity index (χ4n) is 1.94. The zero-order chi connectivity index (χ0) is 16.3. The first-order valence-electron chi connectivity index (χ1n) is 6.74. The van der Waals surface area contributed by atoms with Gasteiger partial charge in [-0.25, -0.2) is 9.48 Å². The predicted octanol–water partition coefficient (Wildman–Crippen LogP) is 2.36. The van der Waals surface area contributed by atoms with Crippen LogP contribution in [0.3, 0.4) is 0 Å². The van der Waals surface area contributed by atoms with Crippen LogP contribution in [0.1, 0.15) is 24.3 Å². The number of halogens is 1. The highest BCUT2D eigenvalue weighted by molar-refractivity contribution is 6.30. The van der Waals surface area contributed by atoms with Crippen LogP contribution < -0.4 is 5.32 Å². The van der Waals surface area contributed by atoms with Gasteiger partial charge in [-0.05, 0) is 30.2 Å². The van der Waals surface area contributed by atoms with Crippen molar-refractivity contribution in [3.05, 3.63) is 47.2 Å². The maximum absolute atomic E-state index is 12.1. The Bertz CT molecular complexity index is 697. The zero-order valence-electron chi connectivity index (χ0n) is 12.2. The highest BCUT2D eigenvalue weighted by atomic mass is 35.5. The van der Waals surface area contributed by atoms with E-state index in [2.05, 4.69) is 10.4 Å². The van der Waals surface area contributed by atoms with Crippen molar-refractivity contribution in [1.29, 1.82) is 0 Å². The van der Waals surface area contributed by atoms with E-state index in [9.17, 15) is 9.59 Å². The van der Waals surface area contributed by atoms with Gasteiger partial charge in [0, 0.05) is 11.2 Å². The quantitative estimate of drug-likeness (QED) is 0.885. The molecule has 0 aliphatic heterocycles. The lowest BCUT2D eigenvalue weighted by Gasteiger charge is -2.16. The molecule has 0 saturated carbocycles. The molecule has 1 aromatic carbocycles. The number of nitrogens with zero attached hydrogens (tertiary/aromatic N) is 2. The van der Waals surface area contributed by atoms with Crippen LogP contribution in [-0.2, 0) is 4.79 Å². The van der Waals surface area contributed by atoms with Gasteiger partial charge in [0.15, 0.2) is 5.69 Å². The Labute approximate surface area is 132 Å². The number of nitrogens with one attached hydrogen (secondary N) is 1. The largest absolute Gasteiger partial charge is 0.480 e. The Kier molecular flexibility index (Phi) is 4.82. The SMILES string of the molecule is CC(C)[C@H](NC(=O)c1ccn(-c2cccc(Cl)c2)n1)C(=O)O. The van der Waals surface area contributed by atoms with Crippen LogP contribution in [0, 0.1) is 5.92 Å². The smallest absolute Gasteiger partial charge is 0.326 e. The summed E-state index contributed by atoms with van der Waals surface area (Å²) in [4.78, 5) is 23.2. The molecule has 0 radical (unpaired) electrons. The van der Waals surface area contributed by atoms with Crippen molar-refractivity contribution in [2.75, 3.05) is 0 Å². The second kappa shape index (κ2) is 6.62. The second-order valence-corrected chi connectivity index (χ2v) is 5.60. The first-order valence-corrected chi connectivity index (χ1v) is 7.11. The molecule has 1 aromatic heterocycles. The fraction of sp³-hybridized carbons (Fsp3) is 0.267. The maximum Gasteiger partial charge on any atom is 0.326 e. The normalized spacial score (nSPS) is 12.2. The minimum Gasteiger partial charge on any atom is -0.480 e. The van der Waals surface area contributed by atoms with E-state index < -0.39 is 17.9 Å². The number of hydrogen-bond acceptors (Lipinski definition) is 3. The molecule has 116 valence electrons. The first-order chi connectivity index (χ1) is 10.4. The van der Waals surface area contributed by atoms with Gasteiger partial charge >= 0.3 is 5.97 Å². The third-order valence-electron chi connectivity index (χ3n) is 3.11. The van der Waals surface area contributed by atoms with Gasteiger partial charge in [0.05, 0.1) is 5.69 Å². The van der Waals surface area contributed by atoms with Gasteiger partial charge in [-0.1, -0.05) is 31.5 Å². The van der Waals surface area contributed by atoms with Crippen LogP contribution in [0.2, 0.25) is 5.02 Å². The molecule has 22 heavy (non-hydrogen) atoms. The highest BCUT2D eigenvalue weighted by Gasteiger charge is 2.24. The average molecular weight is 322 g/mol. The summed E-state index contributed by atoms with van der Waals surface area (Å²) in [6, 6.07) is 7.60. The molecule has 0 unspecified atom stereocenters. The van der Waals surface area contributed by atoms with Crippen molar-refractivity contribution in [1.82, 2.24) is 15.1 Å². The number of aromatic nitrogens is 2. The zero-order valence-corrected chi connectivity index (χ0v) is 12.9. The molecule has 0 aliphatic rings. The van der Waals surface area contributed by atoms with Crippen LogP contribution in [0.25, 0.3) is 5.69 Å². The molecule has 0 saturated heterocycles. The van der Waals surface area contributed by atoms with Gasteiger partial charge in [-0.15, -0.1) is 0 Å². The van der Waals surface area contributed by atoms with E-state index in [1.165, 1.54) is 10.7 Å². The third-order valence-corrected chi connectivity index (χ3v) is 3.35. The minimum atomic E-state index is -1.07. The van der Waals surface area contributed by atoms with Crippen molar-refractivity contribution in [3.63, 3.8) is 0 Å². The molecule has 6 nitrogen and oxygen atoms in total. The van der Waals surface area contributed by atoms with Crippen LogP contribution in [0.5, 0.6) is 0 Å². The number of amides is 1. The Morgan fingerprint density at radius 1 is 1.32 bits per heavy atom. The number of carboxylic acid groups (broad SMARTS) is 1. The summed E-state index contributed by atoms with van der Waals surface area (Å²) in [7, 11) is 0. The van der Waals surface area contributed by atoms with Crippen molar-refractivity contribution < 1.29 is 14.7 Å². The van der Waals surface area contributed by atoms with Crippen LogP contribution in [0.4, 0.5) is 0 Å². The lowest BCUT2D eigenvalue weighted by molar-refractivity contribution is -0.140. The number of rotatable bonds is 5. The van der Waals surface area contributed by atoms with Crippen LogP contribution in [0.15, 0.2) is 36.5 Å². The Morgan fingerprint density at radius 3 is 2.64 bits per heavy atom. The van der Waals surface area contributed by atoms with E-state index in [4.69, 9.17) is 16.7 Å². The van der Waals surface area contributed by atoms with E-state index in [1.807, 2.05) is 0 Å². The number of hydrogen-bond donors (Lipinski definition) is 2. The van der Waals surface area contributed by atoms with Gasteiger partial charge in [-0.2, -0.15) is 5.10 Å². The Hall–Kier alpha value is -2.34. The van der Waals surface area contributed by atoms with E-state index in [0.717, 1.165) is 0 Å². The number of carbonyl (C=O) groups is 2. The monoisotopic (exact) mass is 321 g/mol. The lowest BCUT2D eigenvalue weighted by atomic mass is 10.0. The molecule has 0 bridgehead atoms. The minimum absolute atomic E-state index is 0.145. The van der Waals surface area contributed by atoms with Gasteiger partial charge in [0.25, 0.3) is 5.91 Å². The summed E-state index contributed by atoms with van der Waals surface area (Å²) in [5.41, 5.74) is 0.858. The number of carboxylic acids is 1. The molecule has 0 spiro atoms. The topological polar surface area (TPSA) is 84.2 Å². The van der Waals surface area contributed by atoms with Crippen molar-refractivity contribution in [2.45, 2.75) is 19.9 Å². The second-order valence-electron chi connectivity index (χ2n) is 5.16. The van der Waals surface area contributed by atoms with E-state index >= 15 is 0 Å². The highest BCUT2D eigenvalue weighted by Crippen LogP contribution is 2.14. The summed E-state index contributed by atoms with van der Waals surface area (Å²) < 4.78 is 1.51. The van der Waals surface area contributed by atoms with Crippen molar-refractivity contribution in [3.8, 4) is 5.69 Å². The molecular weight excluding hydrogens is 306 g/mol. The summed E-state index contributed by atoms with van der Waals surface area (Å²) in [6.07, 6.45) is 1.62. The van der Waals surface area contributed by atoms with E-state index in [0.29, 0.717) is 10.7 Å². The van der Waals surface area contributed by atoms with Crippen LogP contribution >= 0.6 is 11.6 Å². The van der Waals surface area contributed by atoms with Gasteiger partial charge < -0.3 is 10.4 Å². The molecule has 1 amide bonds. The molecule has 0 fully saturated rings. The molecule has 1 heterocycles. The Morgan fingerprint density at radius 2 is 2.05 bits per heavy atom. The summed E-state index contributed by atoms with van der Waals surface area (Å²) in [5.74, 6) is -1.82. The summed E-state index contributed by atoms with van der Waals surface area (Å²) >= 11 is 5.92. The molecule has 2 N–H and O–H groups in total. The summed E-state index contributed by atoms with van der Waals surface area (Å²) in [6.45, 7) is 3.45. The predicted molar refractivity (Wildman–Crippen MR) is 82.3 cm³/mol. The van der Waals surface area contributed by atoms with Crippen LogP contribution in [-0.4, -0.2) is 32.8 Å². The van der Waals surface area contributed by atoms with E-state index in [-0.39, 0.29) is 11.6 Å². The molecular formula is C15H16ClN3O3. The van der Waals surface area contributed by atoms with Crippen molar-refractivity contribution in [2.24, 2.45) is 5.92 Å². The molecule has 0 aliphatic carbocycles. The van der Waals surface area contributed by atoms with E-state index in [1.54, 1.807) is 44.3 Å². The maximum atomic E-state index is 12.1. The van der Waals surface area contributed by atoms with Gasteiger partial charge in [0.2, 0.25) is 0 Å². The molecule has 1 atom stereocenters. The van der Waals surface area contributed by atoms with Crippen molar-refractivity contribution >= 4 is 23.5 Å². The third kappa shape index (κ3) is 3.65. The Balaban J connectivity index is 2.17. The average Bonchev–Trinajstić information content (AvgIpc) is 2.93.